The molecule has 0 N–H and O–H groups in total. The van der Waals surface area contributed by atoms with Crippen molar-refractivity contribution in [2.75, 3.05) is 0 Å². The van der Waals surface area contributed by atoms with Gasteiger partial charge in [-0.15, -0.1) is 0 Å². The highest BCUT2D eigenvalue weighted by Crippen LogP contribution is 1.96. The predicted octanol–water partition coefficient (Wildman–Crippen LogP) is 2.59. The fraction of sp³-hybridized carbons (Fsp3) is 0.300. The highest BCUT2D eigenvalue weighted by molar-refractivity contribution is 5.87. The van der Waals surface area contributed by atoms with Crippen LogP contribution in [-0.4, -0.2) is 5.97 Å². The molecule has 0 aromatic heterocycles. The molecular weight excluding hydrogens is 152 g/mol. The third-order valence-corrected chi connectivity index (χ3v) is 1.31. The SMILES string of the molecule is C=C(C)C(=O)OC=CC(C)=CC. The van der Waals surface area contributed by atoms with Gasteiger partial charge in [-0.25, -0.2) is 4.79 Å². The molecule has 0 saturated heterocycles. The van der Waals surface area contributed by atoms with E-state index in [1.54, 1.807) is 13.0 Å². The molecule has 0 aliphatic carbocycles. The number of rotatable bonds is 3. The zero-order chi connectivity index (χ0) is 9.56. The molecule has 0 spiro atoms. The molecule has 0 aromatic rings. The number of allylic oxidation sites excluding steroid dienone is 3. The summed E-state index contributed by atoms with van der Waals surface area (Å²) < 4.78 is 4.72. The number of esters is 1. The van der Waals surface area contributed by atoms with E-state index in [-0.39, 0.29) is 0 Å². The first-order valence-electron chi connectivity index (χ1n) is 3.74. The van der Waals surface area contributed by atoms with Crippen LogP contribution in [0.1, 0.15) is 20.8 Å². The minimum absolute atomic E-state index is 0.393. The normalized spacial score (nSPS) is 11.8. The standard InChI is InChI=1S/C10H14O2/c1-5-9(4)6-7-12-10(11)8(2)3/h5-7H,2H2,1,3-4H3. The van der Waals surface area contributed by atoms with Crippen LogP contribution >= 0.6 is 0 Å². The van der Waals surface area contributed by atoms with Gasteiger partial charge in [0.15, 0.2) is 0 Å². The van der Waals surface area contributed by atoms with Crippen LogP contribution in [0.15, 0.2) is 36.1 Å². The Bertz CT molecular complexity index is 234. The summed E-state index contributed by atoms with van der Waals surface area (Å²) in [5, 5.41) is 0. The quantitative estimate of drug-likeness (QED) is 0.279. The zero-order valence-electron chi connectivity index (χ0n) is 7.76. The number of ether oxygens (including phenoxy) is 1. The van der Waals surface area contributed by atoms with Gasteiger partial charge in [-0.2, -0.15) is 0 Å². The molecule has 0 fully saturated rings. The summed E-state index contributed by atoms with van der Waals surface area (Å²) >= 11 is 0. The second-order valence-electron chi connectivity index (χ2n) is 2.52. The topological polar surface area (TPSA) is 26.3 Å². The smallest absolute Gasteiger partial charge is 0.337 e. The van der Waals surface area contributed by atoms with Crippen molar-refractivity contribution in [2.45, 2.75) is 20.8 Å². The Hall–Kier alpha value is -1.31. The molecule has 0 aliphatic heterocycles. The molecule has 0 radical (unpaired) electrons. The molecule has 0 heterocycles. The van der Waals surface area contributed by atoms with Crippen LogP contribution in [0.4, 0.5) is 0 Å². The number of carbonyl (C=O) groups is 1. The zero-order valence-corrected chi connectivity index (χ0v) is 7.76. The average Bonchev–Trinajstić information content (AvgIpc) is 2.03. The van der Waals surface area contributed by atoms with E-state index in [1.807, 2.05) is 19.9 Å². The molecule has 2 nitrogen and oxygen atoms in total. The third kappa shape index (κ3) is 4.50. The summed E-state index contributed by atoms with van der Waals surface area (Å²) in [7, 11) is 0. The van der Waals surface area contributed by atoms with Gasteiger partial charge < -0.3 is 4.74 Å². The van der Waals surface area contributed by atoms with Gasteiger partial charge in [-0.1, -0.05) is 18.2 Å². The fourth-order valence-corrected chi connectivity index (χ4v) is 0.400. The van der Waals surface area contributed by atoms with Crippen molar-refractivity contribution in [3.8, 4) is 0 Å². The molecule has 0 bridgehead atoms. The molecule has 2 heteroatoms. The van der Waals surface area contributed by atoms with Crippen LogP contribution in [0.2, 0.25) is 0 Å². The van der Waals surface area contributed by atoms with E-state index in [2.05, 4.69) is 6.58 Å². The van der Waals surface area contributed by atoms with Crippen molar-refractivity contribution >= 4 is 5.97 Å². The van der Waals surface area contributed by atoms with E-state index in [1.165, 1.54) is 6.26 Å². The maximum atomic E-state index is 10.8. The Morgan fingerprint density at radius 2 is 2.00 bits per heavy atom. The summed E-state index contributed by atoms with van der Waals surface area (Å²) in [5.41, 5.74) is 1.45. The second kappa shape index (κ2) is 5.35. The Balaban J connectivity index is 3.91. The first-order valence-corrected chi connectivity index (χ1v) is 3.74. The van der Waals surface area contributed by atoms with Crippen molar-refractivity contribution in [3.05, 3.63) is 36.1 Å². The summed E-state index contributed by atoms with van der Waals surface area (Å²) in [4.78, 5) is 10.8. The predicted molar refractivity (Wildman–Crippen MR) is 49.5 cm³/mol. The molecule has 12 heavy (non-hydrogen) atoms. The van der Waals surface area contributed by atoms with Crippen LogP contribution in [0.25, 0.3) is 0 Å². The van der Waals surface area contributed by atoms with Crippen molar-refractivity contribution in [2.24, 2.45) is 0 Å². The highest BCUT2D eigenvalue weighted by atomic mass is 16.5. The van der Waals surface area contributed by atoms with Crippen LogP contribution in [0.5, 0.6) is 0 Å². The van der Waals surface area contributed by atoms with Gasteiger partial charge in [0.05, 0.1) is 6.26 Å². The van der Waals surface area contributed by atoms with E-state index in [0.29, 0.717) is 5.57 Å². The Kier molecular flexibility index (Phi) is 4.77. The summed E-state index contributed by atoms with van der Waals surface area (Å²) in [5.74, 6) is -0.393. The minimum Gasteiger partial charge on any atom is -0.431 e. The van der Waals surface area contributed by atoms with Crippen molar-refractivity contribution in [1.29, 1.82) is 0 Å². The van der Waals surface area contributed by atoms with Gasteiger partial charge >= 0.3 is 5.97 Å². The molecule has 0 aromatic carbocycles. The van der Waals surface area contributed by atoms with Crippen LogP contribution in [-0.2, 0) is 9.53 Å². The molecule has 0 amide bonds. The lowest BCUT2D eigenvalue weighted by molar-refractivity contribution is -0.133. The summed E-state index contributed by atoms with van der Waals surface area (Å²) in [6.07, 6.45) is 5.01. The Morgan fingerprint density at radius 1 is 1.42 bits per heavy atom. The first-order chi connectivity index (χ1) is 5.57. The molecular formula is C10H14O2. The van der Waals surface area contributed by atoms with Gasteiger partial charge in [0.25, 0.3) is 0 Å². The van der Waals surface area contributed by atoms with Crippen LogP contribution < -0.4 is 0 Å². The molecule has 66 valence electrons. The van der Waals surface area contributed by atoms with Gasteiger partial charge in [0.1, 0.15) is 0 Å². The summed E-state index contributed by atoms with van der Waals surface area (Å²) in [6.45, 7) is 8.90. The number of hydrogen-bond donors (Lipinski definition) is 0. The van der Waals surface area contributed by atoms with E-state index in [4.69, 9.17) is 4.74 Å². The number of carbonyl (C=O) groups excluding carboxylic acids is 1. The van der Waals surface area contributed by atoms with E-state index >= 15 is 0 Å². The molecule has 0 rings (SSSR count). The lowest BCUT2D eigenvalue weighted by Gasteiger charge is -1.95. The maximum absolute atomic E-state index is 10.8. The fourth-order valence-electron chi connectivity index (χ4n) is 0.400. The highest BCUT2D eigenvalue weighted by Gasteiger charge is 1.98. The Labute approximate surface area is 73.2 Å². The van der Waals surface area contributed by atoms with Gasteiger partial charge in [0.2, 0.25) is 0 Å². The molecule has 0 aliphatic rings. The van der Waals surface area contributed by atoms with E-state index in [9.17, 15) is 4.79 Å². The van der Waals surface area contributed by atoms with Crippen LogP contribution in [0.3, 0.4) is 0 Å². The Morgan fingerprint density at radius 3 is 2.42 bits per heavy atom. The van der Waals surface area contributed by atoms with Crippen molar-refractivity contribution in [1.82, 2.24) is 0 Å². The molecule has 0 unspecified atom stereocenters. The second-order valence-corrected chi connectivity index (χ2v) is 2.52. The van der Waals surface area contributed by atoms with Crippen molar-refractivity contribution < 1.29 is 9.53 Å². The average molecular weight is 166 g/mol. The van der Waals surface area contributed by atoms with E-state index in [0.717, 1.165) is 5.57 Å². The minimum atomic E-state index is -0.393. The maximum Gasteiger partial charge on any atom is 0.337 e. The lowest BCUT2D eigenvalue weighted by Crippen LogP contribution is -1.98. The first kappa shape index (κ1) is 10.7. The molecule has 0 atom stereocenters. The summed E-state index contributed by atoms with van der Waals surface area (Å²) in [6, 6.07) is 0. The van der Waals surface area contributed by atoms with Crippen LogP contribution in [0, 0.1) is 0 Å². The third-order valence-electron chi connectivity index (χ3n) is 1.31. The largest absolute Gasteiger partial charge is 0.431 e. The number of hydrogen-bond acceptors (Lipinski definition) is 2. The lowest BCUT2D eigenvalue weighted by atomic mass is 10.3. The van der Waals surface area contributed by atoms with Crippen molar-refractivity contribution in [3.63, 3.8) is 0 Å². The van der Waals surface area contributed by atoms with Gasteiger partial charge in [-0.05, 0) is 26.8 Å². The monoisotopic (exact) mass is 166 g/mol. The van der Waals surface area contributed by atoms with Gasteiger partial charge in [-0.3, -0.25) is 0 Å². The molecule has 0 saturated carbocycles. The van der Waals surface area contributed by atoms with E-state index < -0.39 is 5.97 Å². The van der Waals surface area contributed by atoms with Gasteiger partial charge in [0, 0.05) is 5.57 Å².